The lowest BCUT2D eigenvalue weighted by atomic mass is 10.1. The average molecular weight is 435 g/mol. The van der Waals surface area contributed by atoms with E-state index in [9.17, 15) is 4.79 Å². The lowest BCUT2D eigenvalue weighted by molar-refractivity contribution is 0.0992. The smallest absolute Gasteiger partial charge is 0.291 e. The first-order chi connectivity index (χ1) is 12.5. The number of anilines is 1. The predicted molar refractivity (Wildman–Crippen MR) is 106 cm³/mol. The van der Waals surface area contributed by atoms with Crippen LogP contribution in [0.1, 0.15) is 28.8 Å². The molecule has 0 saturated heterocycles. The molecule has 0 radical (unpaired) electrons. The SMILES string of the molecule is CCc1ccc(NC(=O)c2ccc(COc3ccc(Br)cc3Cl)o2)cc1. The van der Waals surface area contributed by atoms with Crippen molar-refractivity contribution in [2.45, 2.75) is 20.0 Å². The first kappa shape index (κ1) is 18.5. The van der Waals surface area contributed by atoms with Crippen LogP contribution in [0.15, 0.2) is 63.5 Å². The summed E-state index contributed by atoms with van der Waals surface area (Å²) < 4.78 is 12.1. The zero-order valence-electron chi connectivity index (χ0n) is 14.1. The minimum Gasteiger partial charge on any atom is -0.484 e. The van der Waals surface area contributed by atoms with Gasteiger partial charge in [0.15, 0.2) is 5.76 Å². The molecule has 0 spiro atoms. The van der Waals surface area contributed by atoms with Crippen molar-refractivity contribution < 1.29 is 13.9 Å². The lowest BCUT2D eigenvalue weighted by Crippen LogP contribution is -2.10. The Balaban J connectivity index is 1.60. The van der Waals surface area contributed by atoms with Crippen molar-refractivity contribution in [2.75, 3.05) is 5.32 Å². The fourth-order valence-electron chi connectivity index (χ4n) is 2.34. The molecule has 2 aromatic carbocycles. The molecule has 1 aromatic heterocycles. The molecular formula is C20H17BrClNO3. The van der Waals surface area contributed by atoms with Gasteiger partial charge in [0.2, 0.25) is 0 Å². The fraction of sp³-hybridized carbons (Fsp3) is 0.150. The van der Waals surface area contributed by atoms with Crippen LogP contribution in [-0.4, -0.2) is 5.91 Å². The Morgan fingerprint density at radius 2 is 1.92 bits per heavy atom. The molecule has 0 saturated carbocycles. The number of carbonyl (C=O) groups excluding carboxylic acids is 1. The highest BCUT2D eigenvalue weighted by atomic mass is 79.9. The summed E-state index contributed by atoms with van der Waals surface area (Å²) in [6, 6.07) is 16.4. The van der Waals surface area contributed by atoms with Crippen LogP contribution in [0.3, 0.4) is 0 Å². The summed E-state index contributed by atoms with van der Waals surface area (Å²) in [5.41, 5.74) is 1.94. The van der Waals surface area contributed by atoms with Crippen LogP contribution in [0.25, 0.3) is 0 Å². The van der Waals surface area contributed by atoms with Crippen molar-refractivity contribution in [2.24, 2.45) is 0 Å². The second kappa shape index (κ2) is 8.43. The summed E-state index contributed by atoms with van der Waals surface area (Å²) >= 11 is 9.46. The molecule has 0 aliphatic heterocycles. The molecule has 1 heterocycles. The Kier molecular flexibility index (Phi) is 6.01. The number of hydrogen-bond donors (Lipinski definition) is 1. The lowest BCUT2D eigenvalue weighted by Gasteiger charge is -2.07. The molecule has 1 amide bonds. The number of furan rings is 1. The molecule has 1 N–H and O–H groups in total. The minimum atomic E-state index is -0.304. The van der Waals surface area contributed by atoms with Gasteiger partial charge in [0.25, 0.3) is 5.91 Å². The summed E-state index contributed by atoms with van der Waals surface area (Å²) in [4.78, 5) is 12.3. The van der Waals surface area contributed by atoms with Crippen molar-refractivity contribution in [1.82, 2.24) is 0 Å². The minimum absolute atomic E-state index is 0.180. The van der Waals surface area contributed by atoms with Gasteiger partial charge >= 0.3 is 0 Å². The maximum Gasteiger partial charge on any atom is 0.291 e. The van der Waals surface area contributed by atoms with Crippen LogP contribution in [0.2, 0.25) is 5.02 Å². The highest BCUT2D eigenvalue weighted by Gasteiger charge is 2.12. The van der Waals surface area contributed by atoms with Crippen LogP contribution in [0, 0.1) is 0 Å². The number of aryl methyl sites for hydroxylation is 1. The maximum absolute atomic E-state index is 12.3. The number of benzene rings is 2. The molecule has 0 aliphatic carbocycles. The molecule has 26 heavy (non-hydrogen) atoms. The maximum atomic E-state index is 12.3. The van der Waals surface area contributed by atoms with E-state index in [2.05, 4.69) is 28.2 Å². The van der Waals surface area contributed by atoms with Crippen LogP contribution in [0.5, 0.6) is 5.75 Å². The van der Waals surface area contributed by atoms with Gasteiger partial charge in [-0.1, -0.05) is 46.6 Å². The third-order valence-corrected chi connectivity index (χ3v) is 4.56. The van der Waals surface area contributed by atoms with Gasteiger partial charge in [0, 0.05) is 10.2 Å². The third-order valence-electron chi connectivity index (χ3n) is 3.77. The molecule has 0 aliphatic rings. The number of nitrogens with one attached hydrogen (secondary N) is 1. The number of ether oxygens (including phenoxy) is 1. The van der Waals surface area contributed by atoms with Gasteiger partial charge < -0.3 is 14.5 Å². The monoisotopic (exact) mass is 433 g/mol. The number of halogens is 2. The largest absolute Gasteiger partial charge is 0.484 e. The Hall–Kier alpha value is -2.24. The van der Waals surface area contributed by atoms with Crippen molar-refractivity contribution in [3.63, 3.8) is 0 Å². The zero-order chi connectivity index (χ0) is 18.5. The molecular weight excluding hydrogens is 418 g/mol. The van der Waals surface area contributed by atoms with Gasteiger partial charge in [-0.3, -0.25) is 4.79 Å². The second-order valence-electron chi connectivity index (χ2n) is 5.63. The Morgan fingerprint density at radius 1 is 1.15 bits per heavy atom. The van der Waals surface area contributed by atoms with Gasteiger partial charge in [-0.25, -0.2) is 0 Å². The van der Waals surface area contributed by atoms with Gasteiger partial charge in [-0.05, 0) is 54.4 Å². The van der Waals surface area contributed by atoms with E-state index in [0.717, 1.165) is 16.6 Å². The van der Waals surface area contributed by atoms with Gasteiger partial charge in [0.1, 0.15) is 18.1 Å². The Labute approximate surface area is 165 Å². The van der Waals surface area contributed by atoms with E-state index in [1.807, 2.05) is 30.3 Å². The molecule has 134 valence electrons. The Bertz CT molecular complexity index is 906. The van der Waals surface area contributed by atoms with Crippen molar-refractivity contribution in [3.8, 4) is 5.75 Å². The average Bonchev–Trinajstić information content (AvgIpc) is 3.11. The first-order valence-corrected chi connectivity index (χ1v) is 9.29. The molecule has 0 bridgehead atoms. The number of carbonyl (C=O) groups is 1. The van der Waals surface area contributed by atoms with E-state index < -0.39 is 0 Å². The highest BCUT2D eigenvalue weighted by molar-refractivity contribution is 9.10. The summed E-state index contributed by atoms with van der Waals surface area (Å²) in [5, 5.41) is 3.31. The normalized spacial score (nSPS) is 10.6. The van der Waals surface area contributed by atoms with Crippen LogP contribution < -0.4 is 10.1 Å². The number of rotatable bonds is 6. The van der Waals surface area contributed by atoms with Gasteiger partial charge in [-0.15, -0.1) is 0 Å². The van der Waals surface area contributed by atoms with Crippen molar-refractivity contribution in [3.05, 3.63) is 81.2 Å². The standard InChI is InChI=1S/C20H17BrClNO3/c1-2-13-3-6-15(7-4-13)23-20(24)19-10-8-16(26-19)12-25-18-9-5-14(21)11-17(18)22/h3-11H,2,12H2,1H3,(H,23,24). The van der Waals surface area contributed by atoms with E-state index in [4.69, 9.17) is 20.8 Å². The quantitative estimate of drug-likeness (QED) is 0.511. The van der Waals surface area contributed by atoms with Gasteiger partial charge in [-0.2, -0.15) is 0 Å². The zero-order valence-corrected chi connectivity index (χ0v) is 16.4. The van der Waals surface area contributed by atoms with Crippen LogP contribution in [-0.2, 0) is 13.0 Å². The van der Waals surface area contributed by atoms with E-state index in [-0.39, 0.29) is 18.3 Å². The van der Waals surface area contributed by atoms with Crippen molar-refractivity contribution >= 4 is 39.1 Å². The molecule has 3 rings (SSSR count). The second-order valence-corrected chi connectivity index (χ2v) is 6.96. The molecule has 3 aromatic rings. The van der Waals surface area contributed by atoms with Gasteiger partial charge in [0.05, 0.1) is 5.02 Å². The van der Waals surface area contributed by atoms with E-state index in [1.54, 1.807) is 24.3 Å². The molecule has 0 atom stereocenters. The summed E-state index contributed by atoms with van der Waals surface area (Å²) in [6.45, 7) is 2.27. The highest BCUT2D eigenvalue weighted by Crippen LogP contribution is 2.28. The topological polar surface area (TPSA) is 51.5 Å². The number of amides is 1. The molecule has 0 fully saturated rings. The molecule has 6 heteroatoms. The van der Waals surface area contributed by atoms with E-state index >= 15 is 0 Å². The first-order valence-electron chi connectivity index (χ1n) is 8.12. The van der Waals surface area contributed by atoms with Crippen molar-refractivity contribution in [1.29, 1.82) is 0 Å². The summed E-state index contributed by atoms with van der Waals surface area (Å²) in [6.07, 6.45) is 0.957. The van der Waals surface area contributed by atoms with Crippen LogP contribution in [0.4, 0.5) is 5.69 Å². The van der Waals surface area contributed by atoms with E-state index in [0.29, 0.717) is 16.5 Å². The summed E-state index contributed by atoms with van der Waals surface area (Å²) in [7, 11) is 0. The summed E-state index contributed by atoms with van der Waals surface area (Å²) in [5.74, 6) is 1.01. The molecule has 4 nitrogen and oxygen atoms in total. The Morgan fingerprint density at radius 3 is 2.62 bits per heavy atom. The molecule has 0 unspecified atom stereocenters. The third kappa shape index (κ3) is 4.68. The predicted octanol–water partition coefficient (Wildman–Crippen LogP) is 6.09. The number of hydrogen-bond acceptors (Lipinski definition) is 3. The fourth-order valence-corrected chi connectivity index (χ4v) is 3.06. The van der Waals surface area contributed by atoms with Crippen LogP contribution >= 0.6 is 27.5 Å². The van der Waals surface area contributed by atoms with E-state index in [1.165, 1.54) is 5.56 Å².